The lowest BCUT2D eigenvalue weighted by molar-refractivity contribution is 0.0537. The van der Waals surface area contributed by atoms with Crippen LogP contribution < -0.4 is 0 Å². The van der Waals surface area contributed by atoms with E-state index in [4.69, 9.17) is 4.74 Å². The first-order valence-corrected chi connectivity index (χ1v) is 9.58. The summed E-state index contributed by atoms with van der Waals surface area (Å²) in [5.74, 6) is -0.675. The monoisotopic (exact) mass is 382 g/mol. The Labute approximate surface area is 170 Å². The molecule has 0 radical (unpaired) electrons. The van der Waals surface area contributed by atoms with Crippen molar-refractivity contribution in [1.82, 2.24) is 0 Å². The molecule has 0 unspecified atom stereocenters. The molecule has 3 aromatic rings. The van der Waals surface area contributed by atoms with Crippen molar-refractivity contribution in [2.45, 2.75) is 19.3 Å². The highest BCUT2D eigenvalue weighted by atomic mass is 16.5. The molecule has 144 valence electrons. The summed E-state index contributed by atoms with van der Waals surface area (Å²) >= 11 is 0. The Kier molecular flexibility index (Phi) is 4.67. The predicted molar refractivity (Wildman–Crippen MR) is 114 cm³/mol. The van der Waals surface area contributed by atoms with Gasteiger partial charge in [-0.2, -0.15) is 0 Å². The van der Waals surface area contributed by atoms with E-state index in [1.807, 2.05) is 36.4 Å². The Morgan fingerprint density at radius 2 is 1.48 bits per heavy atom. The minimum atomic E-state index is -0.468. The van der Waals surface area contributed by atoms with Gasteiger partial charge in [0.1, 0.15) is 6.61 Å². The zero-order chi connectivity index (χ0) is 20.6. The minimum Gasteiger partial charge on any atom is -0.457 e. The molecule has 0 spiro atoms. The van der Waals surface area contributed by atoms with Crippen molar-refractivity contribution in [1.29, 1.82) is 0 Å². The third-order valence-corrected chi connectivity index (χ3v) is 5.55. The molecule has 3 aromatic carbocycles. The lowest BCUT2D eigenvalue weighted by atomic mass is 9.81. The number of benzene rings is 3. The molecule has 0 saturated heterocycles. The SMILES string of the molecule is C=C(COC(=O)c1ccccc1)C(=O)c1ccc2c(c1)C(C)(C)c1ccccc1-2. The highest BCUT2D eigenvalue weighted by Crippen LogP contribution is 2.48. The maximum absolute atomic E-state index is 12.9. The number of ketones is 1. The van der Waals surface area contributed by atoms with E-state index >= 15 is 0 Å². The normalized spacial score (nSPS) is 13.3. The fourth-order valence-electron chi connectivity index (χ4n) is 3.93. The molecule has 4 rings (SSSR count). The number of esters is 1. The molecule has 0 fully saturated rings. The summed E-state index contributed by atoms with van der Waals surface area (Å²) in [5, 5.41) is 0. The van der Waals surface area contributed by atoms with Crippen LogP contribution in [0.25, 0.3) is 11.1 Å². The second kappa shape index (κ2) is 7.17. The molecule has 3 nitrogen and oxygen atoms in total. The molecule has 0 aromatic heterocycles. The fourth-order valence-corrected chi connectivity index (χ4v) is 3.93. The lowest BCUT2D eigenvalue weighted by Gasteiger charge is -2.21. The first kappa shape index (κ1) is 18.9. The summed E-state index contributed by atoms with van der Waals surface area (Å²) in [7, 11) is 0. The van der Waals surface area contributed by atoms with Crippen molar-refractivity contribution in [2.24, 2.45) is 0 Å². The van der Waals surface area contributed by atoms with E-state index in [1.54, 1.807) is 24.3 Å². The molecular formula is C26H22O3. The van der Waals surface area contributed by atoms with Crippen LogP contribution in [-0.2, 0) is 10.2 Å². The summed E-state index contributed by atoms with van der Waals surface area (Å²) < 4.78 is 5.26. The van der Waals surface area contributed by atoms with Crippen molar-refractivity contribution in [2.75, 3.05) is 6.61 Å². The third kappa shape index (κ3) is 3.29. The quantitative estimate of drug-likeness (QED) is 0.328. The van der Waals surface area contributed by atoms with Gasteiger partial charge in [-0.25, -0.2) is 4.79 Å². The van der Waals surface area contributed by atoms with Gasteiger partial charge in [-0.3, -0.25) is 4.79 Å². The smallest absolute Gasteiger partial charge is 0.338 e. The molecule has 0 atom stereocenters. The summed E-state index contributed by atoms with van der Waals surface area (Å²) in [6.07, 6.45) is 0. The van der Waals surface area contributed by atoms with E-state index in [9.17, 15) is 9.59 Å². The molecular weight excluding hydrogens is 360 g/mol. The molecule has 1 aliphatic rings. The number of hydrogen-bond acceptors (Lipinski definition) is 3. The Hall–Kier alpha value is -3.46. The largest absolute Gasteiger partial charge is 0.457 e. The van der Waals surface area contributed by atoms with Crippen LogP contribution in [-0.4, -0.2) is 18.4 Å². The van der Waals surface area contributed by atoms with E-state index < -0.39 is 5.97 Å². The van der Waals surface area contributed by atoms with Crippen LogP contribution in [0, 0.1) is 0 Å². The van der Waals surface area contributed by atoms with Crippen LogP contribution in [0.15, 0.2) is 84.9 Å². The van der Waals surface area contributed by atoms with Gasteiger partial charge >= 0.3 is 5.97 Å². The number of Topliss-reactive ketones (excluding diaryl/α,β-unsaturated/α-hetero) is 1. The van der Waals surface area contributed by atoms with Crippen molar-refractivity contribution in [3.05, 3.63) is 107 Å². The Morgan fingerprint density at radius 1 is 0.828 bits per heavy atom. The predicted octanol–water partition coefficient (Wildman–Crippen LogP) is 5.59. The highest BCUT2D eigenvalue weighted by Gasteiger charge is 2.35. The molecule has 0 aliphatic heterocycles. The average Bonchev–Trinajstić information content (AvgIpc) is 2.99. The zero-order valence-corrected chi connectivity index (χ0v) is 16.6. The van der Waals surface area contributed by atoms with E-state index in [2.05, 4.69) is 32.6 Å². The van der Waals surface area contributed by atoms with Gasteiger partial charge in [-0.15, -0.1) is 0 Å². The van der Waals surface area contributed by atoms with Crippen molar-refractivity contribution >= 4 is 11.8 Å². The molecule has 29 heavy (non-hydrogen) atoms. The minimum absolute atomic E-state index is 0.132. The van der Waals surface area contributed by atoms with Crippen LogP contribution in [0.2, 0.25) is 0 Å². The molecule has 0 bridgehead atoms. The van der Waals surface area contributed by atoms with Gasteiger partial charge in [0.15, 0.2) is 5.78 Å². The Balaban J connectivity index is 1.53. The number of fused-ring (bicyclic) bond motifs is 3. The Morgan fingerprint density at radius 3 is 2.24 bits per heavy atom. The summed E-state index contributed by atoms with van der Waals surface area (Å²) in [5.41, 5.74) is 5.83. The second-order valence-electron chi connectivity index (χ2n) is 7.81. The van der Waals surface area contributed by atoms with Crippen LogP contribution in [0.1, 0.15) is 45.7 Å². The standard InChI is InChI=1S/C26H22O3/c1-17(16-29-25(28)18-9-5-4-6-10-18)24(27)19-13-14-21-20-11-7-8-12-22(20)26(2,3)23(21)15-19/h4-15H,1,16H2,2-3H3. The summed E-state index contributed by atoms with van der Waals surface area (Å²) in [6, 6.07) is 22.8. The molecule has 0 heterocycles. The van der Waals surface area contributed by atoms with Crippen LogP contribution in [0.5, 0.6) is 0 Å². The second-order valence-corrected chi connectivity index (χ2v) is 7.81. The highest BCUT2D eigenvalue weighted by molar-refractivity contribution is 6.09. The van der Waals surface area contributed by atoms with E-state index in [0.717, 1.165) is 11.1 Å². The van der Waals surface area contributed by atoms with Gasteiger partial charge in [0.05, 0.1) is 5.56 Å². The summed E-state index contributed by atoms with van der Waals surface area (Å²) in [6.45, 7) is 8.05. The molecule has 0 amide bonds. The lowest BCUT2D eigenvalue weighted by Crippen LogP contribution is -2.17. The molecule has 0 N–H and O–H groups in total. The summed E-state index contributed by atoms with van der Waals surface area (Å²) in [4.78, 5) is 25.0. The average molecular weight is 382 g/mol. The maximum Gasteiger partial charge on any atom is 0.338 e. The first-order valence-electron chi connectivity index (χ1n) is 9.58. The van der Waals surface area contributed by atoms with Crippen LogP contribution in [0.3, 0.4) is 0 Å². The van der Waals surface area contributed by atoms with E-state index in [0.29, 0.717) is 11.1 Å². The fraction of sp³-hybridized carbons (Fsp3) is 0.154. The van der Waals surface area contributed by atoms with Gasteiger partial charge in [0.2, 0.25) is 0 Å². The molecule has 3 heteroatoms. The van der Waals surface area contributed by atoms with Gasteiger partial charge < -0.3 is 4.74 Å². The van der Waals surface area contributed by atoms with Crippen molar-refractivity contribution in [3.63, 3.8) is 0 Å². The van der Waals surface area contributed by atoms with Crippen molar-refractivity contribution in [3.8, 4) is 11.1 Å². The zero-order valence-electron chi connectivity index (χ0n) is 16.6. The molecule has 1 aliphatic carbocycles. The van der Waals surface area contributed by atoms with E-state index in [1.165, 1.54) is 11.1 Å². The number of rotatable bonds is 5. The van der Waals surface area contributed by atoms with Crippen molar-refractivity contribution < 1.29 is 14.3 Å². The van der Waals surface area contributed by atoms with Gasteiger partial charge in [-0.05, 0) is 40.5 Å². The van der Waals surface area contributed by atoms with Gasteiger partial charge in [0.25, 0.3) is 0 Å². The Bertz CT molecular complexity index is 1120. The van der Waals surface area contributed by atoms with Gasteiger partial charge in [-0.1, -0.05) is 75.0 Å². The number of carbonyl (C=O) groups excluding carboxylic acids is 2. The molecule has 0 saturated carbocycles. The van der Waals surface area contributed by atoms with E-state index in [-0.39, 0.29) is 23.4 Å². The van der Waals surface area contributed by atoms with Crippen LogP contribution >= 0.6 is 0 Å². The number of hydrogen-bond donors (Lipinski definition) is 0. The number of ether oxygens (including phenoxy) is 1. The number of carbonyl (C=O) groups is 2. The maximum atomic E-state index is 12.9. The van der Waals surface area contributed by atoms with Crippen LogP contribution in [0.4, 0.5) is 0 Å². The third-order valence-electron chi connectivity index (χ3n) is 5.55. The first-order chi connectivity index (χ1) is 13.9. The van der Waals surface area contributed by atoms with Gasteiger partial charge in [0, 0.05) is 16.6 Å². The topological polar surface area (TPSA) is 43.4 Å².